The van der Waals surface area contributed by atoms with Crippen LogP contribution in [-0.4, -0.2) is 19.5 Å². The summed E-state index contributed by atoms with van der Waals surface area (Å²) >= 11 is 0. The molecule has 0 saturated carbocycles. The Kier molecular flexibility index (Phi) is 6.48. The van der Waals surface area contributed by atoms with Crippen LogP contribution in [0, 0.1) is 11.3 Å². The normalized spacial score (nSPS) is 11.5. The molecule has 0 amide bonds. The smallest absolute Gasteiger partial charge is 0.237 e. The fourth-order valence-electron chi connectivity index (χ4n) is 7.39. The van der Waals surface area contributed by atoms with Crippen LogP contribution in [0.2, 0.25) is 0 Å². The third-order valence-corrected chi connectivity index (χ3v) is 9.88. The molecular weight excluding hydrogens is 623 g/mol. The molecule has 3 aromatic heterocycles. The first kappa shape index (κ1) is 28.8. The quantitative estimate of drug-likeness (QED) is 0.190. The van der Waals surface area contributed by atoms with Crippen molar-refractivity contribution in [1.82, 2.24) is 19.5 Å². The van der Waals surface area contributed by atoms with Crippen molar-refractivity contribution in [2.45, 2.75) is 0 Å². The number of benzene rings is 7. The van der Waals surface area contributed by atoms with Gasteiger partial charge >= 0.3 is 0 Å². The van der Waals surface area contributed by atoms with Crippen LogP contribution in [0.1, 0.15) is 5.56 Å². The van der Waals surface area contributed by atoms with Gasteiger partial charge in [-0.1, -0.05) is 109 Å². The second-order valence-electron chi connectivity index (χ2n) is 12.8. The highest BCUT2D eigenvalue weighted by molar-refractivity contribution is 6.19. The molecule has 7 aromatic carbocycles. The van der Waals surface area contributed by atoms with E-state index in [0.29, 0.717) is 17.2 Å². The van der Waals surface area contributed by atoms with Crippen molar-refractivity contribution >= 4 is 54.4 Å². The zero-order valence-corrected chi connectivity index (χ0v) is 27.3. The van der Waals surface area contributed by atoms with Crippen LogP contribution in [0.15, 0.2) is 164 Å². The molecule has 0 fully saturated rings. The van der Waals surface area contributed by atoms with Gasteiger partial charge in [-0.05, 0) is 92.3 Å². The Bertz CT molecular complexity index is 3020. The zero-order valence-electron chi connectivity index (χ0n) is 27.3. The minimum Gasteiger partial charge on any atom is -0.278 e. The largest absolute Gasteiger partial charge is 0.278 e. The topological polar surface area (TPSA) is 67.4 Å². The van der Waals surface area contributed by atoms with Crippen molar-refractivity contribution in [2.24, 2.45) is 0 Å². The Balaban J connectivity index is 1.22. The number of nitriles is 1. The zero-order chi connectivity index (χ0) is 33.9. The van der Waals surface area contributed by atoms with Crippen molar-refractivity contribution in [3.8, 4) is 45.5 Å². The Morgan fingerprint density at radius 1 is 0.490 bits per heavy atom. The summed E-state index contributed by atoms with van der Waals surface area (Å²) in [5, 5.41) is 17.2. The van der Waals surface area contributed by atoms with E-state index < -0.39 is 0 Å². The van der Waals surface area contributed by atoms with Gasteiger partial charge in [-0.25, -0.2) is 9.97 Å². The molecule has 0 N–H and O–H groups in total. The number of hydrogen-bond donors (Lipinski definition) is 0. The SMILES string of the molecule is N#Cc1ccc(-c2ccc(-c3nc(-n4c5cc6ccccc6cc5c5c(-c6ccc7ccccc7c6)cccc54)nc4ncccc34)cc2)cc1. The first-order valence-electron chi connectivity index (χ1n) is 16.9. The summed E-state index contributed by atoms with van der Waals surface area (Å²) in [7, 11) is 0. The van der Waals surface area contributed by atoms with Gasteiger partial charge in [-0.3, -0.25) is 4.57 Å². The van der Waals surface area contributed by atoms with E-state index in [1.165, 1.54) is 16.2 Å². The van der Waals surface area contributed by atoms with Crippen LogP contribution in [0.3, 0.4) is 0 Å². The molecule has 0 bridgehead atoms. The summed E-state index contributed by atoms with van der Waals surface area (Å²) < 4.78 is 2.20. The number of hydrogen-bond acceptors (Lipinski definition) is 4. The summed E-state index contributed by atoms with van der Waals surface area (Å²) in [6.45, 7) is 0. The highest BCUT2D eigenvalue weighted by atomic mass is 15.2. The Labute approximate surface area is 293 Å². The first-order chi connectivity index (χ1) is 25.2. The molecule has 0 aliphatic rings. The Hall–Kier alpha value is -7.16. The first-order valence-corrected chi connectivity index (χ1v) is 16.9. The molecule has 3 heterocycles. The lowest BCUT2D eigenvalue weighted by Gasteiger charge is -2.12. The molecule has 0 radical (unpaired) electrons. The second-order valence-corrected chi connectivity index (χ2v) is 12.8. The molecule has 236 valence electrons. The molecule has 10 rings (SSSR count). The predicted octanol–water partition coefficient (Wildman–Crippen LogP) is 11.3. The van der Waals surface area contributed by atoms with Crippen LogP contribution in [-0.2, 0) is 0 Å². The lowest BCUT2D eigenvalue weighted by atomic mass is 9.96. The minimum atomic E-state index is 0.568. The van der Waals surface area contributed by atoms with E-state index in [4.69, 9.17) is 15.0 Å². The average molecular weight is 650 g/mol. The summed E-state index contributed by atoms with van der Waals surface area (Å²) in [5.41, 5.74) is 9.57. The number of pyridine rings is 1. The molecule has 51 heavy (non-hydrogen) atoms. The van der Waals surface area contributed by atoms with E-state index in [-0.39, 0.29) is 0 Å². The lowest BCUT2D eigenvalue weighted by Crippen LogP contribution is -2.04. The second kappa shape index (κ2) is 11.5. The van der Waals surface area contributed by atoms with Crippen molar-refractivity contribution in [1.29, 1.82) is 5.26 Å². The number of aromatic nitrogens is 4. The minimum absolute atomic E-state index is 0.568. The van der Waals surface area contributed by atoms with E-state index in [2.05, 4.69) is 132 Å². The Morgan fingerprint density at radius 3 is 1.92 bits per heavy atom. The van der Waals surface area contributed by atoms with E-state index in [9.17, 15) is 5.26 Å². The lowest BCUT2D eigenvalue weighted by molar-refractivity contribution is 1.01. The highest BCUT2D eigenvalue weighted by Gasteiger charge is 2.21. The van der Waals surface area contributed by atoms with Crippen LogP contribution in [0.5, 0.6) is 0 Å². The monoisotopic (exact) mass is 649 g/mol. The summed E-state index contributed by atoms with van der Waals surface area (Å²) in [6.07, 6.45) is 1.79. The molecular formula is C46H27N5. The third-order valence-electron chi connectivity index (χ3n) is 9.88. The fraction of sp³-hybridized carbons (Fsp3) is 0. The van der Waals surface area contributed by atoms with Gasteiger partial charge in [0.1, 0.15) is 0 Å². The van der Waals surface area contributed by atoms with E-state index in [1.54, 1.807) is 6.20 Å². The van der Waals surface area contributed by atoms with Gasteiger partial charge < -0.3 is 0 Å². The van der Waals surface area contributed by atoms with Gasteiger partial charge in [0.2, 0.25) is 5.95 Å². The molecule has 0 aliphatic carbocycles. The molecule has 0 spiro atoms. The van der Waals surface area contributed by atoms with E-state index in [1.807, 2.05) is 36.4 Å². The number of fused-ring (bicyclic) bond motifs is 6. The maximum atomic E-state index is 9.23. The number of rotatable bonds is 4. The number of nitrogens with zero attached hydrogens (tertiary/aromatic N) is 5. The third kappa shape index (κ3) is 4.74. The van der Waals surface area contributed by atoms with Gasteiger partial charge in [0, 0.05) is 27.9 Å². The van der Waals surface area contributed by atoms with Crippen LogP contribution in [0.4, 0.5) is 0 Å². The molecule has 0 saturated heterocycles. The van der Waals surface area contributed by atoms with Crippen molar-refractivity contribution in [2.75, 3.05) is 0 Å². The maximum Gasteiger partial charge on any atom is 0.237 e. The molecule has 5 nitrogen and oxygen atoms in total. The van der Waals surface area contributed by atoms with Crippen molar-refractivity contribution < 1.29 is 0 Å². The van der Waals surface area contributed by atoms with Crippen LogP contribution in [0.25, 0.3) is 93.8 Å². The molecule has 0 aliphatic heterocycles. The van der Waals surface area contributed by atoms with Crippen LogP contribution >= 0.6 is 0 Å². The van der Waals surface area contributed by atoms with Crippen molar-refractivity contribution in [3.05, 3.63) is 169 Å². The van der Waals surface area contributed by atoms with Gasteiger partial charge in [-0.2, -0.15) is 10.2 Å². The van der Waals surface area contributed by atoms with Gasteiger partial charge in [-0.15, -0.1) is 0 Å². The summed E-state index contributed by atoms with van der Waals surface area (Å²) in [5.74, 6) is 0.568. The molecule has 0 unspecified atom stereocenters. The standard InChI is InChI=1S/C46H27N5/c47-28-29-14-16-31(17-15-29)32-18-21-33(22-19-32)44-39-12-6-24-48-45(39)50-46(49-44)51-41-13-5-11-38(37-23-20-30-7-1-2-8-34(30)25-37)43(41)40-26-35-9-3-4-10-36(35)27-42(40)51/h1-27H. The molecule has 0 atom stereocenters. The van der Waals surface area contributed by atoms with Gasteiger partial charge in [0.25, 0.3) is 0 Å². The van der Waals surface area contributed by atoms with E-state index >= 15 is 0 Å². The van der Waals surface area contributed by atoms with E-state index in [0.717, 1.165) is 66.1 Å². The fourth-order valence-corrected chi connectivity index (χ4v) is 7.39. The van der Waals surface area contributed by atoms with Gasteiger partial charge in [0.05, 0.1) is 28.4 Å². The van der Waals surface area contributed by atoms with Crippen LogP contribution < -0.4 is 0 Å². The predicted molar refractivity (Wildman–Crippen MR) is 208 cm³/mol. The highest BCUT2D eigenvalue weighted by Crippen LogP contribution is 2.41. The summed E-state index contributed by atoms with van der Waals surface area (Å²) in [4.78, 5) is 15.2. The molecule has 10 aromatic rings. The average Bonchev–Trinajstić information content (AvgIpc) is 3.52. The Morgan fingerprint density at radius 2 is 1.16 bits per heavy atom. The van der Waals surface area contributed by atoms with Crippen molar-refractivity contribution in [3.63, 3.8) is 0 Å². The van der Waals surface area contributed by atoms with Gasteiger partial charge in [0.15, 0.2) is 5.65 Å². The maximum absolute atomic E-state index is 9.23. The summed E-state index contributed by atoms with van der Waals surface area (Å²) in [6, 6.07) is 57.0. The molecule has 5 heteroatoms.